The van der Waals surface area contributed by atoms with Crippen molar-refractivity contribution in [1.82, 2.24) is 0 Å². The summed E-state index contributed by atoms with van der Waals surface area (Å²) in [6.07, 6.45) is 0.657. The molecule has 0 heterocycles. The lowest BCUT2D eigenvalue weighted by atomic mass is 10.3. The quantitative estimate of drug-likeness (QED) is 0.591. The van der Waals surface area contributed by atoms with Crippen molar-refractivity contribution in [2.75, 3.05) is 6.35 Å². The summed E-state index contributed by atoms with van der Waals surface area (Å²) < 4.78 is 5.17. The van der Waals surface area contributed by atoms with Crippen LogP contribution in [0.4, 0.5) is 0 Å². The van der Waals surface area contributed by atoms with Crippen LogP contribution in [0, 0.1) is 0 Å². The van der Waals surface area contributed by atoms with Gasteiger partial charge < -0.3 is 4.74 Å². The molecule has 0 saturated carbocycles. The molecule has 56 valence electrons. The average Bonchev–Trinajstić information content (AvgIpc) is 1.91. The third-order valence-electron chi connectivity index (χ3n) is 0.993. The van der Waals surface area contributed by atoms with E-state index in [2.05, 4.69) is 9.24 Å². The number of ether oxygens (including phenoxy) is 1. The normalized spacial score (nSPS) is 8.10. The first-order valence-corrected chi connectivity index (χ1v) is 3.63. The molecule has 0 aliphatic rings. The Morgan fingerprint density at radius 2 is 1.80 bits per heavy atom. The highest BCUT2D eigenvalue weighted by Crippen LogP contribution is 2.08. The van der Waals surface area contributed by atoms with Gasteiger partial charge in [0.1, 0.15) is 12.1 Å². The zero-order valence-electron chi connectivity index (χ0n) is 5.49. The molecule has 0 aliphatic carbocycles. The van der Waals surface area contributed by atoms with E-state index in [0.717, 1.165) is 5.75 Å². The van der Waals surface area contributed by atoms with Gasteiger partial charge in [-0.15, -0.1) is 24.0 Å². The largest absolute Gasteiger partial charge is 0.490 e. The molecule has 0 bridgehead atoms. The maximum Gasteiger partial charge on any atom is 0.119 e. The second-order valence-electron chi connectivity index (χ2n) is 1.62. The smallest absolute Gasteiger partial charge is 0.119 e. The van der Waals surface area contributed by atoms with E-state index in [0.29, 0.717) is 6.35 Å². The van der Waals surface area contributed by atoms with Crippen LogP contribution in [0.25, 0.3) is 0 Å². The zero-order chi connectivity index (χ0) is 6.53. The highest BCUT2D eigenvalue weighted by Gasteiger charge is 1.83. The summed E-state index contributed by atoms with van der Waals surface area (Å²) in [6.45, 7) is 0. The van der Waals surface area contributed by atoms with Crippen LogP contribution in [0.1, 0.15) is 0 Å². The standard InChI is InChI=1S/C7H9OP.HI/c9-6-8-7-4-2-1-3-5-7;/h1-5H,6,9H2;1H. The van der Waals surface area contributed by atoms with Crippen LogP contribution in [-0.2, 0) is 0 Å². The molecule has 1 aromatic carbocycles. The van der Waals surface area contributed by atoms with E-state index in [1.165, 1.54) is 0 Å². The van der Waals surface area contributed by atoms with Crippen molar-refractivity contribution < 1.29 is 4.74 Å². The monoisotopic (exact) mass is 268 g/mol. The summed E-state index contributed by atoms with van der Waals surface area (Å²) in [5.41, 5.74) is 0. The molecule has 0 spiro atoms. The van der Waals surface area contributed by atoms with Crippen LogP contribution in [0.5, 0.6) is 5.75 Å². The Bertz CT molecular complexity index is 167. The summed E-state index contributed by atoms with van der Waals surface area (Å²) in [4.78, 5) is 0. The van der Waals surface area contributed by atoms with E-state index in [1.807, 2.05) is 30.3 Å². The fraction of sp³-hybridized carbons (Fsp3) is 0.143. The Hall–Kier alpha value is 0.180. The Morgan fingerprint density at radius 3 is 2.30 bits per heavy atom. The van der Waals surface area contributed by atoms with Crippen molar-refractivity contribution >= 4 is 33.2 Å². The van der Waals surface area contributed by atoms with Crippen molar-refractivity contribution in [1.29, 1.82) is 0 Å². The molecule has 0 fully saturated rings. The molecule has 0 radical (unpaired) electrons. The molecule has 0 aliphatic heterocycles. The molecular weight excluding hydrogens is 258 g/mol. The minimum atomic E-state index is 0. The third kappa shape index (κ3) is 3.37. The van der Waals surface area contributed by atoms with Crippen molar-refractivity contribution in [3.05, 3.63) is 30.3 Å². The second-order valence-corrected chi connectivity index (χ2v) is 1.96. The molecule has 1 unspecified atom stereocenters. The Morgan fingerprint density at radius 1 is 1.20 bits per heavy atom. The number of hydrogen-bond acceptors (Lipinski definition) is 1. The Kier molecular flexibility index (Phi) is 6.03. The second kappa shape index (κ2) is 5.93. The first-order chi connectivity index (χ1) is 4.43. The lowest BCUT2D eigenvalue weighted by molar-refractivity contribution is 0.392. The van der Waals surface area contributed by atoms with Gasteiger partial charge in [0.15, 0.2) is 0 Å². The molecular formula is C7H10IOP. The van der Waals surface area contributed by atoms with E-state index in [1.54, 1.807) is 0 Å². The molecule has 1 nitrogen and oxygen atoms in total. The lowest BCUT2D eigenvalue weighted by Gasteiger charge is -1.99. The molecule has 1 aromatic rings. The molecule has 1 rings (SSSR count). The van der Waals surface area contributed by atoms with Gasteiger partial charge >= 0.3 is 0 Å². The van der Waals surface area contributed by atoms with Gasteiger partial charge in [-0.1, -0.05) is 27.4 Å². The fourth-order valence-corrected chi connectivity index (χ4v) is 0.805. The van der Waals surface area contributed by atoms with Crippen LogP contribution in [0.3, 0.4) is 0 Å². The minimum absolute atomic E-state index is 0. The van der Waals surface area contributed by atoms with Gasteiger partial charge in [-0.3, -0.25) is 0 Å². The van der Waals surface area contributed by atoms with Crippen LogP contribution in [0.15, 0.2) is 30.3 Å². The Balaban J connectivity index is 0.000000810. The van der Waals surface area contributed by atoms with E-state index in [-0.39, 0.29) is 24.0 Å². The van der Waals surface area contributed by atoms with Gasteiger partial charge in [-0.2, -0.15) is 0 Å². The van der Waals surface area contributed by atoms with Crippen LogP contribution in [-0.4, -0.2) is 6.35 Å². The van der Waals surface area contributed by atoms with Crippen molar-refractivity contribution in [3.63, 3.8) is 0 Å². The fourth-order valence-electron chi connectivity index (χ4n) is 0.613. The van der Waals surface area contributed by atoms with Gasteiger partial charge in [0.05, 0.1) is 0 Å². The summed E-state index contributed by atoms with van der Waals surface area (Å²) >= 11 is 0. The molecule has 10 heavy (non-hydrogen) atoms. The first kappa shape index (κ1) is 10.2. The topological polar surface area (TPSA) is 9.23 Å². The maximum absolute atomic E-state index is 5.17. The third-order valence-corrected chi connectivity index (χ3v) is 1.16. The molecule has 3 heteroatoms. The molecule has 0 N–H and O–H groups in total. The summed E-state index contributed by atoms with van der Waals surface area (Å²) in [5.74, 6) is 0.924. The maximum atomic E-state index is 5.17. The number of halogens is 1. The number of hydrogen-bond donors (Lipinski definition) is 0. The van der Waals surface area contributed by atoms with Crippen LogP contribution in [0.2, 0.25) is 0 Å². The average molecular weight is 268 g/mol. The summed E-state index contributed by atoms with van der Waals surface area (Å²) in [6, 6.07) is 9.75. The molecule has 1 atom stereocenters. The number of rotatable bonds is 2. The van der Waals surface area contributed by atoms with Crippen LogP contribution >= 0.6 is 33.2 Å². The first-order valence-electron chi connectivity index (χ1n) is 2.81. The number of benzene rings is 1. The predicted octanol–water partition coefficient (Wildman–Crippen LogP) is 2.52. The lowest BCUT2D eigenvalue weighted by Crippen LogP contribution is -1.85. The number of para-hydroxylation sites is 1. The highest BCUT2D eigenvalue weighted by atomic mass is 127. The van der Waals surface area contributed by atoms with Crippen molar-refractivity contribution in [2.45, 2.75) is 0 Å². The van der Waals surface area contributed by atoms with Gasteiger partial charge in [0.2, 0.25) is 0 Å². The highest BCUT2D eigenvalue weighted by molar-refractivity contribution is 14.0. The van der Waals surface area contributed by atoms with Gasteiger partial charge in [0.25, 0.3) is 0 Å². The molecule has 0 saturated heterocycles. The van der Waals surface area contributed by atoms with E-state index >= 15 is 0 Å². The molecule has 0 aromatic heterocycles. The van der Waals surface area contributed by atoms with E-state index in [9.17, 15) is 0 Å². The predicted molar refractivity (Wildman–Crippen MR) is 57.1 cm³/mol. The van der Waals surface area contributed by atoms with E-state index < -0.39 is 0 Å². The van der Waals surface area contributed by atoms with Gasteiger partial charge in [-0.25, -0.2) is 0 Å². The van der Waals surface area contributed by atoms with Crippen molar-refractivity contribution in [2.24, 2.45) is 0 Å². The Labute approximate surface area is 80.4 Å². The van der Waals surface area contributed by atoms with Crippen molar-refractivity contribution in [3.8, 4) is 5.75 Å². The summed E-state index contributed by atoms with van der Waals surface area (Å²) in [7, 11) is 2.51. The minimum Gasteiger partial charge on any atom is -0.490 e. The zero-order valence-corrected chi connectivity index (χ0v) is 8.97. The van der Waals surface area contributed by atoms with E-state index in [4.69, 9.17) is 4.74 Å². The molecule has 0 amide bonds. The SMILES string of the molecule is I.PCOc1ccccc1. The van der Waals surface area contributed by atoms with Gasteiger partial charge in [-0.05, 0) is 12.1 Å². The van der Waals surface area contributed by atoms with Crippen LogP contribution < -0.4 is 4.74 Å². The van der Waals surface area contributed by atoms with Gasteiger partial charge in [0, 0.05) is 0 Å². The summed E-state index contributed by atoms with van der Waals surface area (Å²) in [5, 5.41) is 0.